The molecule has 4 nitrogen and oxygen atoms in total. The van der Waals surface area contributed by atoms with E-state index in [1.807, 2.05) is 19.1 Å². The molecule has 2 aromatic rings. The molecule has 0 bridgehead atoms. The molecule has 6 heteroatoms. The number of amides is 1. The summed E-state index contributed by atoms with van der Waals surface area (Å²) in [5.74, 6) is 0.887. The number of carbonyl (C=O) groups excluding carboxylic acids is 1. The fourth-order valence-electron chi connectivity index (χ4n) is 1.92. The van der Waals surface area contributed by atoms with Crippen molar-refractivity contribution in [3.63, 3.8) is 0 Å². The van der Waals surface area contributed by atoms with Gasteiger partial charge >= 0.3 is 0 Å². The van der Waals surface area contributed by atoms with Crippen LogP contribution in [0.3, 0.4) is 0 Å². The Kier molecular flexibility index (Phi) is 5.52. The number of hydrogen-bond donors (Lipinski definition) is 1. The van der Waals surface area contributed by atoms with Crippen molar-refractivity contribution in [2.24, 2.45) is 0 Å². The van der Waals surface area contributed by atoms with Gasteiger partial charge in [0.05, 0.1) is 17.8 Å². The quantitative estimate of drug-likeness (QED) is 0.724. The van der Waals surface area contributed by atoms with Crippen molar-refractivity contribution in [2.45, 2.75) is 6.92 Å². The van der Waals surface area contributed by atoms with Crippen LogP contribution in [0.25, 0.3) is 0 Å². The summed E-state index contributed by atoms with van der Waals surface area (Å²) in [5.41, 5.74) is 2.09. The Hall–Kier alpha value is -1.47. The fourth-order valence-corrected chi connectivity index (χ4v) is 2.92. The minimum Gasteiger partial charge on any atom is -0.493 e. The molecule has 0 saturated heterocycles. The van der Waals surface area contributed by atoms with Crippen LogP contribution in [0.2, 0.25) is 5.02 Å². The van der Waals surface area contributed by atoms with Gasteiger partial charge in [-0.15, -0.1) is 0 Å². The van der Waals surface area contributed by atoms with Crippen molar-refractivity contribution >= 4 is 45.8 Å². The number of hydrogen-bond acceptors (Lipinski definition) is 3. The van der Waals surface area contributed by atoms with E-state index in [2.05, 4.69) is 27.9 Å². The third-order valence-electron chi connectivity index (χ3n) is 3.13. The van der Waals surface area contributed by atoms with Gasteiger partial charge in [-0.2, -0.15) is 0 Å². The van der Waals surface area contributed by atoms with Crippen molar-refractivity contribution in [3.05, 3.63) is 50.1 Å². The molecule has 2 aromatic carbocycles. The first-order valence-electron chi connectivity index (χ1n) is 6.45. The Bertz CT molecular complexity index is 719. The SMILES string of the molecule is COc1cc(C(=O)Nc2ccc(C)c(Cl)c2)cc(I)c1OC. The van der Waals surface area contributed by atoms with Crippen LogP contribution in [0.1, 0.15) is 15.9 Å². The van der Waals surface area contributed by atoms with Crippen LogP contribution in [-0.4, -0.2) is 20.1 Å². The van der Waals surface area contributed by atoms with Crippen LogP contribution in [0, 0.1) is 10.5 Å². The highest BCUT2D eigenvalue weighted by Gasteiger charge is 2.15. The van der Waals surface area contributed by atoms with E-state index in [1.54, 1.807) is 25.3 Å². The zero-order valence-electron chi connectivity index (χ0n) is 12.4. The van der Waals surface area contributed by atoms with Crippen LogP contribution in [0.5, 0.6) is 11.5 Å². The topological polar surface area (TPSA) is 47.6 Å². The van der Waals surface area contributed by atoms with E-state index in [1.165, 1.54) is 7.11 Å². The molecule has 0 aliphatic heterocycles. The molecule has 0 aromatic heterocycles. The van der Waals surface area contributed by atoms with Gasteiger partial charge in [-0.25, -0.2) is 0 Å². The number of nitrogens with one attached hydrogen (secondary N) is 1. The van der Waals surface area contributed by atoms with Crippen LogP contribution in [0.15, 0.2) is 30.3 Å². The molecule has 0 saturated carbocycles. The van der Waals surface area contributed by atoms with E-state index < -0.39 is 0 Å². The van der Waals surface area contributed by atoms with Gasteiger partial charge in [0.25, 0.3) is 5.91 Å². The first kappa shape index (κ1) is 16.9. The molecule has 116 valence electrons. The van der Waals surface area contributed by atoms with Crippen molar-refractivity contribution in [3.8, 4) is 11.5 Å². The third kappa shape index (κ3) is 3.64. The minimum absolute atomic E-state index is 0.237. The molecule has 0 fully saturated rings. The predicted molar refractivity (Wildman–Crippen MR) is 96.4 cm³/mol. The second-order valence-electron chi connectivity index (χ2n) is 4.61. The van der Waals surface area contributed by atoms with Crippen LogP contribution < -0.4 is 14.8 Å². The maximum atomic E-state index is 12.4. The standard InChI is InChI=1S/C16H15ClINO3/c1-9-4-5-11(8-12(9)17)19-16(20)10-6-13(18)15(22-3)14(7-10)21-2/h4-8H,1-3H3,(H,19,20). The second-order valence-corrected chi connectivity index (χ2v) is 6.18. The van der Waals surface area contributed by atoms with Gasteiger partial charge in [-0.3, -0.25) is 4.79 Å². The molecule has 0 heterocycles. The van der Waals surface area contributed by atoms with E-state index in [4.69, 9.17) is 21.1 Å². The Morgan fingerprint density at radius 3 is 2.50 bits per heavy atom. The number of anilines is 1. The van der Waals surface area contributed by atoms with E-state index in [-0.39, 0.29) is 5.91 Å². The summed E-state index contributed by atoms with van der Waals surface area (Å²) in [4.78, 5) is 12.4. The lowest BCUT2D eigenvalue weighted by atomic mass is 10.1. The third-order valence-corrected chi connectivity index (χ3v) is 4.33. The van der Waals surface area contributed by atoms with Gasteiger partial charge in [-0.05, 0) is 59.3 Å². The van der Waals surface area contributed by atoms with Crippen LogP contribution >= 0.6 is 34.2 Å². The molecule has 1 N–H and O–H groups in total. The Morgan fingerprint density at radius 1 is 1.18 bits per heavy atom. The van der Waals surface area contributed by atoms with Gasteiger partial charge < -0.3 is 14.8 Å². The highest BCUT2D eigenvalue weighted by Crippen LogP contribution is 2.33. The maximum Gasteiger partial charge on any atom is 0.255 e. The number of halogens is 2. The first-order chi connectivity index (χ1) is 10.5. The smallest absolute Gasteiger partial charge is 0.255 e. The first-order valence-corrected chi connectivity index (χ1v) is 7.91. The lowest BCUT2D eigenvalue weighted by Gasteiger charge is -2.12. The number of carbonyl (C=O) groups is 1. The number of aryl methyl sites for hydroxylation is 1. The summed E-state index contributed by atoms with van der Waals surface area (Å²) in [5, 5.41) is 3.43. The molecule has 1 amide bonds. The number of ether oxygens (including phenoxy) is 2. The van der Waals surface area contributed by atoms with Gasteiger partial charge in [0.1, 0.15) is 0 Å². The Balaban J connectivity index is 2.29. The predicted octanol–water partition coefficient (Wildman–Crippen LogP) is 4.52. The number of benzene rings is 2. The summed E-state index contributed by atoms with van der Waals surface area (Å²) in [6, 6.07) is 8.78. The molecule has 0 spiro atoms. The summed E-state index contributed by atoms with van der Waals surface area (Å²) in [6.45, 7) is 1.91. The molecule has 0 atom stereocenters. The van der Waals surface area contributed by atoms with Gasteiger partial charge in [0.2, 0.25) is 0 Å². The molecule has 0 radical (unpaired) electrons. The molecule has 0 aliphatic rings. The van der Waals surface area contributed by atoms with Gasteiger partial charge in [0.15, 0.2) is 11.5 Å². The monoisotopic (exact) mass is 431 g/mol. The molecule has 0 unspecified atom stereocenters. The summed E-state index contributed by atoms with van der Waals surface area (Å²) < 4.78 is 11.3. The molecule has 0 aliphatic carbocycles. The highest BCUT2D eigenvalue weighted by atomic mass is 127. The highest BCUT2D eigenvalue weighted by molar-refractivity contribution is 14.1. The largest absolute Gasteiger partial charge is 0.493 e. The minimum atomic E-state index is -0.237. The zero-order chi connectivity index (χ0) is 16.3. The lowest BCUT2D eigenvalue weighted by Crippen LogP contribution is -2.12. The van der Waals surface area contributed by atoms with Crippen molar-refractivity contribution in [2.75, 3.05) is 19.5 Å². The van der Waals surface area contributed by atoms with Crippen molar-refractivity contribution < 1.29 is 14.3 Å². The van der Waals surface area contributed by atoms with Crippen LogP contribution in [-0.2, 0) is 0 Å². The van der Waals surface area contributed by atoms with Gasteiger partial charge in [0, 0.05) is 16.3 Å². The lowest BCUT2D eigenvalue weighted by molar-refractivity contribution is 0.102. The summed E-state index contributed by atoms with van der Waals surface area (Å²) >= 11 is 8.17. The van der Waals surface area contributed by atoms with Crippen molar-refractivity contribution in [1.29, 1.82) is 0 Å². The number of methoxy groups -OCH3 is 2. The average Bonchev–Trinajstić information content (AvgIpc) is 2.50. The normalized spacial score (nSPS) is 10.2. The molecular weight excluding hydrogens is 417 g/mol. The van der Waals surface area contributed by atoms with E-state index in [0.29, 0.717) is 27.8 Å². The summed E-state index contributed by atoms with van der Waals surface area (Å²) in [7, 11) is 3.10. The molecule has 2 rings (SSSR count). The van der Waals surface area contributed by atoms with E-state index >= 15 is 0 Å². The number of rotatable bonds is 4. The maximum absolute atomic E-state index is 12.4. The van der Waals surface area contributed by atoms with E-state index in [9.17, 15) is 4.79 Å². The van der Waals surface area contributed by atoms with Crippen LogP contribution in [0.4, 0.5) is 5.69 Å². The van der Waals surface area contributed by atoms with Gasteiger partial charge in [-0.1, -0.05) is 17.7 Å². The van der Waals surface area contributed by atoms with E-state index in [0.717, 1.165) is 9.13 Å². The Labute approximate surface area is 147 Å². The Morgan fingerprint density at radius 2 is 1.91 bits per heavy atom. The zero-order valence-corrected chi connectivity index (χ0v) is 15.3. The summed E-state index contributed by atoms with van der Waals surface area (Å²) in [6.07, 6.45) is 0. The molecule has 22 heavy (non-hydrogen) atoms. The molecular formula is C16H15ClINO3. The fraction of sp³-hybridized carbons (Fsp3) is 0.188. The second kappa shape index (κ2) is 7.19. The van der Waals surface area contributed by atoms with Crippen molar-refractivity contribution in [1.82, 2.24) is 0 Å². The average molecular weight is 432 g/mol.